The maximum Gasteiger partial charge on any atom is 0.180 e. The second-order valence-corrected chi connectivity index (χ2v) is 13.8. The quantitative estimate of drug-likeness (QED) is 0.568. The van der Waals surface area contributed by atoms with E-state index in [1.807, 2.05) is 6.07 Å². The van der Waals surface area contributed by atoms with Crippen LogP contribution in [0.1, 0.15) is 18.1 Å². The number of hydrogen-bond donors (Lipinski definition) is 0. The molecule has 0 N–H and O–H groups in total. The van der Waals surface area contributed by atoms with Crippen molar-refractivity contribution in [1.82, 2.24) is 4.90 Å². The monoisotopic (exact) mass is 415 g/mol. The molecule has 2 aromatic rings. The fraction of sp³-hybridized carbons (Fsp3) is 0.333. The zero-order valence-electron chi connectivity index (χ0n) is 15.4. The number of benzene rings is 2. The van der Waals surface area contributed by atoms with E-state index >= 15 is 0 Å². The van der Waals surface area contributed by atoms with Crippen LogP contribution in [0.5, 0.6) is 5.75 Å². The molecule has 0 radical (unpaired) electrons. The summed E-state index contributed by atoms with van der Waals surface area (Å²) in [5, 5.41) is 0. The highest BCUT2D eigenvalue weighted by atomic mass is 79.9. The minimum atomic E-state index is -1.31. The van der Waals surface area contributed by atoms with E-state index in [2.05, 4.69) is 102 Å². The van der Waals surface area contributed by atoms with Gasteiger partial charge in [0.2, 0.25) is 0 Å². The predicted octanol–water partition coefficient (Wildman–Crippen LogP) is 5.99. The van der Waals surface area contributed by atoms with Crippen molar-refractivity contribution >= 4 is 24.0 Å². The maximum atomic E-state index is 6.54. The fourth-order valence-electron chi connectivity index (χ4n) is 2.99. The molecule has 4 heteroatoms. The van der Waals surface area contributed by atoms with Crippen LogP contribution in [0.25, 0.3) is 0 Å². The summed E-state index contributed by atoms with van der Waals surface area (Å²) in [5.41, 5.74) is 4.46. The van der Waals surface area contributed by atoms with Crippen LogP contribution in [0, 0.1) is 0 Å². The molecule has 1 aliphatic heterocycles. The standard InChI is InChI=1S/C21H26BrNOSi/c1-21(13-14-25(2,3)4)23(15-17-9-6-5-7-10-17)16-18-11-8-12-19(22)20(18)24-21/h5-14H,15-16H2,1-4H3/b14-13-. The number of hydrogen-bond acceptors (Lipinski definition) is 2. The second-order valence-electron chi connectivity index (χ2n) is 7.93. The molecule has 1 atom stereocenters. The molecule has 0 spiro atoms. The van der Waals surface area contributed by atoms with Crippen LogP contribution in [0.15, 0.2) is 64.8 Å². The van der Waals surface area contributed by atoms with Gasteiger partial charge >= 0.3 is 0 Å². The molecule has 0 amide bonds. The minimum absolute atomic E-state index is 0.451. The molecule has 2 nitrogen and oxygen atoms in total. The van der Waals surface area contributed by atoms with Gasteiger partial charge in [0, 0.05) is 18.7 Å². The predicted molar refractivity (Wildman–Crippen MR) is 111 cm³/mol. The number of ether oxygens (including phenoxy) is 1. The summed E-state index contributed by atoms with van der Waals surface area (Å²) in [5.74, 6) is 0.967. The first-order chi connectivity index (χ1) is 11.8. The molecule has 1 unspecified atom stereocenters. The summed E-state index contributed by atoms with van der Waals surface area (Å²) in [6.07, 6.45) is 2.27. The van der Waals surface area contributed by atoms with Gasteiger partial charge in [0.1, 0.15) is 5.75 Å². The molecule has 0 aliphatic carbocycles. The molecule has 0 fully saturated rings. The van der Waals surface area contributed by atoms with Crippen LogP contribution in [0.2, 0.25) is 19.6 Å². The highest BCUT2D eigenvalue weighted by Gasteiger charge is 2.37. The summed E-state index contributed by atoms with van der Waals surface area (Å²) in [6, 6.07) is 16.9. The van der Waals surface area contributed by atoms with Crippen molar-refractivity contribution in [3.05, 3.63) is 75.9 Å². The molecule has 0 bridgehead atoms. The lowest BCUT2D eigenvalue weighted by molar-refractivity contribution is -0.0600. The van der Waals surface area contributed by atoms with Crippen LogP contribution < -0.4 is 4.74 Å². The van der Waals surface area contributed by atoms with E-state index in [0.29, 0.717) is 0 Å². The van der Waals surface area contributed by atoms with Crippen LogP contribution in [-0.4, -0.2) is 18.7 Å². The third-order valence-electron chi connectivity index (χ3n) is 4.46. The average Bonchev–Trinajstić information content (AvgIpc) is 2.55. The topological polar surface area (TPSA) is 12.5 Å². The maximum absolute atomic E-state index is 6.54. The Morgan fingerprint density at radius 1 is 1.12 bits per heavy atom. The third-order valence-corrected chi connectivity index (χ3v) is 6.25. The summed E-state index contributed by atoms with van der Waals surface area (Å²) < 4.78 is 7.57. The van der Waals surface area contributed by atoms with Crippen LogP contribution >= 0.6 is 15.9 Å². The van der Waals surface area contributed by atoms with Gasteiger partial charge in [-0.3, -0.25) is 4.90 Å². The molecular weight excluding hydrogens is 390 g/mol. The summed E-state index contributed by atoms with van der Waals surface area (Å²) in [6.45, 7) is 11.0. The summed E-state index contributed by atoms with van der Waals surface area (Å²) >= 11 is 3.65. The van der Waals surface area contributed by atoms with Gasteiger partial charge in [-0.15, -0.1) is 0 Å². The average molecular weight is 416 g/mol. The van der Waals surface area contributed by atoms with E-state index < -0.39 is 13.8 Å². The van der Waals surface area contributed by atoms with Gasteiger partial charge in [-0.05, 0) is 40.6 Å². The Hall–Kier alpha value is -1.36. The Bertz CT molecular complexity index is 769. The highest BCUT2D eigenvalue weighted by molar-refractivity contribution is 9.10. The van der Waals surface area contributed by atoms with E-state index in [0.717, 1.165) is 23.3 Å². The van der Waals surface area contributed by atoms with Crippen molar-refractivity contribution in [2.75, 3.05) is 0 Å². The zero-order chi connectivity index (χ0) is 18.1. The van der Waals surface area contributed by atoms with Crippen molar-refractivity contribution in [1.29, 1.82) is 0 Å². The van der Waals surface area contributed by atoms with Gasteiger partial charge in [-0.25, -0.2) is 0 Å². The number of fused-ring (bicyclic) bond motifs is 1. The fourth-order valence-corrected chi connectivity index (χ4v) is 4.28. The third kappa shape index (κ3) is 4.43. The van der Waals surface area contributed by atoms with Gasteiger partial charge in [0.05, 0.1) is 12.5 Å². The number of para-hydroxylation sites is 1. The smallest absolute Gasteiger partial charge is 0.180 e. The van der Waals surface area contributed by atoms with Crippen molar-refractivity contribution < 1.29 is 4.74 Å². The van der Waals surface area contributed by atoms with Gasteiger partial charge in [0.15, 0.2) is 5.72 Å². The summed E-state index contributed by atoms with van der Waals surface area (Å²) in [7, 11) is -1.31. The molecule has 0 saturated carbocycles. The van der Waals surface area contributed by atoms with Crippen LogP contribution in [-0.2, 0) is 13.1 Å². The van der Waals surface area contributed by atoms with Gasteiger partial charge < -0.3 is 4.74 Å². The van der Waals surface area contributed by atoms with Crippen molar-refractivity contribution in [2.24, 2.45) is 0 Å². The van der Waals surface area contributed by atoms with E-state index in [9.17, 15) is 0 Å². The normalized spacial score (nSPS) is 21.2. The molecular formula is C21H26BrNOSi. The molecule has 132 valence electrons. The van der Waals surface area contributed by atoms with Crippen molar-refractivity contribution in [2.45, 2.75) is 45.4 Å². The van der Waals surface area contributed by atoms with Gasteiger partial charge in [-0.2, -0.15) is 0 Å². The van der Waals surface area contributed by atoms with E-state index in [1.54, 1.807) is 0 Å². The van der Waals surface area contributed by atoms with E-state index in [-0.39, 0.29) is 0 Å². The Balaban J connectivity index is 1.98. The SMILES string of the molecule is CC1(/C=C\[Si](C)(C)C)Oc2c(Br)cccc2CN1Cc1ccccc1. The first kappa shape index (κ1) is 18.4. The molecule has 0 aromatic heterocycles. The highest BCUT2D eigenvalue weighted by Crippen LogP contribution is 2.40. The molecule has 2 aromatic carbocycles. The number of rotatable bonds is 4. The van der Waals surface area contributed by atoms with Crippen molar-refractivity contribution in [3.8, 4) is 5.75 Å². The molecule has 1 heterocycles. The Kier molecular flexibility index (Phi) is 5.23. The number of nitrogens with zero attached hydrogens (tertiary/aromatic N) is 1. The summed E-state index contributed by atoms with van der Waals surface area (Å²) in [4.78, 5) is 2.41. The Morgan fingerprint density at radius 2 is 1.84 bits per heavy atom. The first-order valence-corrected chi connectivity index (χ1v) is 13.1. The lowest BCUT2D eigenvalue weighted by atomic mass is 10.0. The zero-order valence-corrected chi connectivity index (χ0v) is 18.0. The molecule has 3 rings (SSSR count). The molecule has 1 aliphatic rings. The van der Waals surface area contributed by atoms with E-state index in [4.69, 9.17) is 4.74 Å². The minimum Gasteiger partial charge on any atom is -0.468 e. The van der Waals surface area contributed by atoms with Gasteiger partial charge in [-0.1, -0.05) is 67.8 Å². The molecule has 25 heavy (non-hydrogen) atoms. The van der Waals surface area contributed by atoms with Gasteiger partial charge in [0.25, 0.3) is 0 Å². The largest absolute Gasteiger partial charge is 0.468 e. The lowest BCUT2D eigenvalue weighted by Crippen LogP contribution is -2.51. The number of halogens is 1. The first-order valence-electron chi connectivity index (χ1n) is 8.73. The second kappa shape index (κ2) is 7.10. The lowest BCUT2D eigenvalue weighted by Gasteiger charge is -2.44. The van der Waals surface area contributed by atoms with E-state index in [1.165, 1.54) is 11.1 Å². The Morgan fingerprint density at radius 3 is 2.52 bits per heavy atom. The van der Waals surface area contributed by atoms with Crippen molar-refractivity contribution in [3.63, 3.8) is 0 Å². The Labute approximate surface area is 160 Å². The molecule has 0 saturated heterocycles. The van der Waals surface area contributed by atoms with Crippen LogP contribution in [0.4, 0.5) is 0 Å². The van der Waals surface area contributed by atoms with Crippen LogP contribution in [0.3, 0.4) is 0 Å².